The first kappa shape index (κ1) is 18.7. The van der Waals surface area contributed by atoms with Crippen LogP contribution in [0.15, 0.2) is 35.0 Å². The summed E-state index contributed by atoms with van der Waals surface area (Å²) in [6.07, 6.45) is 5.63. The van der Waals surface area contributed by atoms with Crippen molar-refractivity contribution in [1.82, 2.24) is 14.9 Å². The molecule has 0 saturated carbocycles. The van der Waals surface area contributed by atoms with Gasteiger partial charge in [-0.05, 0) is 48.9 Å². The fourth-order valence-electron chi connectivity index (χ4n) is 3.60. The Balaban J connectivity index is 1.29. The lowest BCUT2D eigenvalue weighted by Gasteiger charge is -2.07. The molecule has 0 fully saturated rings. The summed E-state index contributed by atoms with van der Waals surface area (Å²) in [5.74, 6) is 1.01. The SMILES string of the molecule is O=C(CCCNC(=O)c1ccsc1)Nc1ccc2c(c1)nc1n2CCCCC1. The van der Waals surface area contributed by atoms with Crippen molar-refractivity contribution in [1.29, 1.82) is 0 Å². The Bertz CT molecular complexity index is 978. The number of hydrogen-bond acceptors (Lipinski definition) is 4. The predicted molar refractivity (Wildman–Crippen MR) is 112 cm³/mol. The molecule has 7 heteroatoms. The maximum atomic E-state index is 12.2. The van der Waals surface area contributed by atoms with Gasteiger partial charge in [0.25, 0.3) is 5.91 Å². The van der Waals surface area contributed by atoms with Crippen molar-refractivity contribution >= 4 is 39.9 Å². The van der Waals surface area contributed by atoms with Crippen molar-refractivity contribution in [3.05, 3.63) is 46.4 Å². The highest BCUT2D eigenvalue weighted by molar-refractivity contribution is 7.08. The minimum atomic E-state index is -0.0911. The average molecular weight is 397 g/mol. The summed E-state index contributed by atoms with van der Waals surface area (Å²) in [6, 6.07) is 7.73. The van der Waals surface area contributed by atoms with E-state index in [1.165, 1.54) is 30.6 Å². The average Bonchev–Trinajstić information content (AvgIpc) is 3.28. The Labute approximate surface area is 168 Å². The highest BCUT2D eigenvalue weighted by atomic mass is 32.1. The number of anilines is 1. The molecule has 1 aromatic carbocycles. The number of nitrogens with one attached hydrogen (secondary N) is 2. The van der Waals surface area contributed by atoms with Crippen molar-refractivity contribution in [3.8, 4) is 0 Å². The van der Waals surface area contributed by atoms with Crippen molar-refractivity contribution in [3.63, 3.8) is 0 Å². The van der Waals surface area contributed by atoms with Crippen LogP contribution in [0.1, 0.15) is 48.3 Å². The summed E-state index contributed by atoms with van der Waals surface area (Å²) >= 11 is 1.49. The third kappa shape index (κ3) is 4.25. The number of hydrogen-bond donors (Lipinski definition) is 2. The first-order chi connectivity index (χ1) is 13.7. The van der Waals surface area contributed by atoms with Gasteiger partial charge in [-0.1, -0.05) is 6.42 Å². The number of nitrogens with zero attached hydrogens (tertiary/aromatic N) is 2. The summed E-state index contributed by atoms with van der Waals surface area (Å²) < 4.78 is 2.31. The van der Waals surface area contributed by atoms with Gasteiger partial charge in [0.05, 0.1) is 11.0 Å². The molecule has 0 aliphatic carbocycles. The van der Waals surface area contributed by atoms with Crippen molar-refractivity contribution in [2.24, 2.45) is 0 Å². The number of amides is 2. The van der Waals surface area contributed by atoms with E-state index in [0.29, 0.717) is 24.9 Å². The number of fused-ring (bicyclic) bond motifs is 3. The van der Waals surface area contributed by atoms with Crippen LogP contribution in [0.3, 0.4) is 0 Å². The molecule has 3 heterocycles. The number of aromatic nitrogens is 2. The second kappa shape index (κ2) is 8.56. The predicted octanol–water partition coefficient (Wildman–Crippen LogP) is 3.97. The molecule has 4 rings (SSSR count). The van der Waals surface area contributed by atoms with Crippen molar-refractivity contribution < 1.29 is 9.59 Å². The Hall–Kier alpha value is -2.67. The van der Waals surface area contributed by atoms with Crippen LogP contribution in [0.2, 0.25) is 0 Å². The third-order valence-electron chi connectivity index (χ3n) is 5.04. The van der Waals surface area contributed by atoms with Crippen LogP contribution in [0.5, 0.6) is 0 Å². The first-order valence-electron chi connectivity index (χ1n) is 9.80. The number of imidazole rings is 1. The van der Waals surface area contributed by atoms with E-state index in [1.54, 1.807) is 6.07 Å². The summed E-state index contributed by atoms with van der Waals surface area (Å²) in [5.41, 5.74) is 3.53. The molecule has 3 aromatic rings. The fourth-order valence-corrected chi connectivity index (χ4v) is 4.23. The minimum Gasteiger partial charge on any atom is -0.352 e. The van der Waals surface area contributed by atoms with Gasteiger partial charge >= 0.3 is 0 Å². The number of carbonyl (C=O) groups excluding carboxylic acids is 2. The summed E-state index contributed by atoms with van der Waals surface area (Å²) in [7, 11) is 0. The number of aryl methyl sites for hydroxylation is 2. The van der Waals surface area contributed by atoms with E-state index in [2.05, 4.69) is 15.2 Å². The van der Waals surface area contributed by atoms with Gasteiger partial charge in [-0.2, -0.15) is 11.3 Å². The van der Waals surface area contributed by atoms with Crippen LogP contribution in [0.4, 0.5) is 5.69 Å². The molecule has 2 N–H and O–H groups in total. The topological polar surface area (TPSA) is 76.0 Å². The quantitative estimate of drug-likeness (QED) is 0.619. The Morgan fingerprint density at radius 1 is 1.18 bits per heavy atom. The number of carbonyl (C=O) groups is 2. The van der Waals surface area contributed by atoms with E-state index < -0.39 is 0 Å². The molecule has 0 saturated heterocycles. The van der Waals surface area contributed by atoms with Crippen LogP contribution in [0, 0.1) is 0 Å². The van der Waals surface area contributed by atoms with E-state index in [4.69, 9.17) is 4.98 Å². The van der Waals surface area contributed by atoms with Crippen LogP contribution in [-0.2, 0) is 17.8 Å². The molecule has 28 heavy (non-hydrogen) atoms. The Kier molecular flexibility index (Phi) is 5.71. The van der Waals surface area contributed by atoms with E-state index >= 15 is 0 Å². The number of thiophene rings is 1. The van der Waals surface area contributed by atoms with Crippen LogP contribution in [0.25, 0.3) is 11.0 Å². The highest BCUT2D eigenvalue weighted by Crippen LogP contribution is 2.24. The Morgan fingerprint density at radius 2 is 2.11 bits per heavy atom. The zero-order valence-corrected chi connectivity index (χ0v) is 16.6. The second-order valence-electron chi connectivity index (χ2n) is 7.11. The molecular weight excluding hydrogens is 372 g/mol. The van der Waals surface area contributed by atoms with E-state index in [1.807, 2.05) is 29.0 Å². The standard InChI is InChI=1S/C21H24N4O2S/c26-20(6-4-10-22-21(27)15-9-12-28-14-15)23-16-7-8-18-17(13-16)24-19-5-2-1-3-11-25(18)19/h7-9,12-14H,1-6,10-11H2,(H,22,27)(H,23,26). The molecule has 0 spiro atoms. The molecule has 6 nitrogen and oxygen atoms in total. The van der Waals surface area contributed by atoms with Gasteiger partial charge < -0.3 is 15.2 Å². The highest BCUT2D eigenvalue weighted by Gasteiger charge is 2.14. The summed E-state index contributed by atoms with van der Waals surface area (Å²) in [6.45, 7) is 1.50. The van der Waals surface area contributed by atoms with E-state index in [-0.39, 0.29) is 11.8 Å². The van der Waals surface area contributed by atoms with Crippen molar-refractivity contribution in [2.45, 2.75) is 45.1 Å². The molecule has 1 aliphatic rings. The lowest BCUT2D eigenvalue weighted by atomic mass is 10.2. The molecule has 1 aliphatic heterocycles. The first-order valence-corrected chi connectivity index (χ1v) is 10.7. The van der Waals surface area contributed by atoms with Gasteiger partial charge in [0.2, 0.25) is 5.91 Å². The molecule has 0 bridgehead atoms. The second-order valence-corrected chi connectivity index (χ2v) is 7.89. The maximum absolute atomic E-state index is 12.2. The zero-order valence-electron chi connectivity index (χ0n) is 15.7. The largest absolute Gasteiger partial charge is 0.352 e. The lowest BCUT2D eigenvalue weighted by Crippen LogP contribution is -2.25. The molecular formula is C21H24N4O2S. The molecule has 0 atom stereocenters. The molecule has 2 amide bonds. The van der Waals surface area contributed by atoms with Gasteiger partial charge in [0.1, 0.15) is 5.82 Å². The van der Waals surface area contributed by atoms with Crippen LogP contribution >= 0.6 is 11.3 Å². The number of rotatable bonds is 6. The smallest absolute Gasteiger partial charge is 0.252 e. The normalized spacial score (nSPS) is 13.7. The van der Waals surface area contributed by atoms with Gasteiger partial charge in [0.15, 0.2) is 0 Å². The van der Waals surface area contributed by atoms with Gasteiger partial charge in [0, 0.05) is 42.6 Å². The molecule has 0 unspecified atom stereocenters. The van der Waals surface area contributed by atoms with Crippen molar-refractivity contribution in [2.75, 3.05) is 11.9 Å². The Morgan fingerprint density at radius 3 is 2.96 bits per heavy atom. The monoisotopic (exact) mass is 396 g/mol. The molecule has 146 valence electrons. The van der Waals surface area contributed by atoms with Crippen LogP contribution < -0.4 is 10.6 Å². The molecule has 0 radical (unpaired) electrons. The zero-order chi connectivity index (χ0) is 19.3. The molecule has 2 aromatic heterocycles. The number of benzene rings is 1. The fraction of sp³-hybridized carbons (Fsp3) is 0.381. The van der Waals surface area contributed by atoms with Crippen LogP contribution in [-0.4, -0.2) is 27.9 Å². The van der Waals surface area contributed by atoms with Gasteiger partial charge in [-0.15, -0.1) is 0 Å². The van der Waals surface area contributed by atoms with E-state index in [9.17, 15) is 9.59 Å². The lowest BCUT2D eigenvalue weighted by molar-refractivity contribution is -0.116. The van der Waals surface area contributed by atoms with Gasteiger partial charge in [-0.3, -0.25) is 9.59 Å². The van der Waals surface area contributed by atoms with Gasteiger partial charge in [-0.25, -0.2) is 4.98 Å². The third-order valence-corrected chi connectivity index (χ3v) is 5.73. The maximum Gasteiger partial charge on any atom is 0.252 e. The minimum absolute atomic E-state index is 0.0510. The summed E-state index contributed by atoms with van der Waals surface area (Å²) in [4.78, 5) is 28.8. The van der Waals surface area contributed by atoms with E-state index in [0.717, 1.165) is 35.5 Å². The summed E-state index contributed by atoms with van der Waals surface area (Å²) in [5, 5.41) is 9.46.